The van der Waals surface area contributed by atoms with Crippen LogP contribution in [-0.2, 0) is 14.3 Å². The predicted octanol–water partition coefficient (Wildman–Crippen LogP) is 7.23. The second-order valence-electron chi connectivity index (χ2n) is 12.3. The van der Waals surface area contributed by atoms with Crippen LogP contribution < -0.4 is 5.32 Å². The van der Waals surface area contributed by atoms with E-state index in [1.54, 1.807) is 7.11 Å². The predicted molar refractivity (Wildman–Crippen MR) is 153 cm³/mol. The molecule has 0 aromatic heterocycles. The SMILES string of the molecule is C=C/C(=C\C(=C)C(F)F)C(C(=O)NCC1CCCCC1)N(CC1CCC(F)(F)C1)C(=O)CCC1CCC(OC)CC1. The van der Waals surface area contributed by atoms with Crippen LogP contribution >= 0.6 is 0 Å². The van der Waals surface area contributed by atoms with E-state index < -0.39 is 35.8 Å². The molecule has 0 spiro atoms. The van der Waals surface area contributed by atoms with E-state index in [4.69, 9.17) is 4.74 Å². The normalized spacial score (nSPS) is 26.0. The van der Waals surface area contributed by atoms with Crippen LogP contribution in [0.3, 0.4) is 0 Å². The molecule has 0 aromatic rings. The number of carbonyl (C=O) groups excluding carboxylic acids is 2. The van der Waals surface area contributed by atoms with Gasteiger partial charge in [-0.25, -0.2) is 17.6 Å². The number of nitrogens with zero attached hydrogens (tertiary/aromatic N) is 1. The van der Waals surface area contributed by atoms with Gasteiger partial charge in [-0.3, -0.25) is 9.59 Å². The van der Waals surface area contributed by atoms with E-state index in [0.717, 1.165) is 63.9 Å². The molecule has 1 N–H and O–H groups in total. The summed E-state index contributed by atoms with van der Waals surface area (Å²) in [5.41, 5.74) is -0.380. The molecular weight excluding hydrogens is 536 g/mol. The van der Waals surface area contributed by atoms with Crippen LogP contribution in [0.4, 0.5) is 17.6 Å². The molecule has 3 aliphatic rings. The van der Waals surface area contributed by atoms with Crippen LogP contribution in [0.15, 0.2) is 36.5 Å². The maximum absolute atomic E-state index is 14.2. The molecule has 232 valence electrons. The summed E-state index contributed by atoms with van der Waals surface area (Å²) in [5, 5.41) is 2.96. The number of hydrogen-bond donors (Lipinski definition) is 1. The average molecular weight is 585 g/mol. The van der Waals surface area contributed by atoms with Gasteiger partial charge in [-0.1, -0.05) is 38.5 Å². The number of allylic oxidation sites excluding steroid dienone is 2. The molecule has 0 aliphatic heterocycles. The summed E-state index contributed by atoms with van der Waals surface area (Å²) in [5.74, 6) is -3.51. The largest absolute Gasteiger partial charge is 0.381 e. The van der Waals surface area contributed by atoms with Gasteiger partial charge < -0.3 is 15.0 Å². The number of alkyl halides is 4. The highest BCUT2D eigenvalue weighted by atomic mass is 19.3. The molecule has 3 rings (SSSR count). The molecule has 3 fully saturated rings. The van der Waals surface area contributed by atoms with Crippen molar-refractivity contribution in [1.29, 1.82) is 0 Å². The van der Waals surface area contributed by atoms with Gasteiger partial charge in [0.1, 0.15) is 6.04 Å². The van der Waals surface area contributed by atoms with Crippen LogP contribution in [-0.4, -0.2) is 61.4 Å². The highest BCUT2D eigenvalue weighted by molar-refractivity contribution is 5.91. The molecule has 9 heteroatoms. The first-order valence-corrected chi connectivity index (χ1v) is 15.3. The topological polar surface area (TPSA) is 58.6 Å². The standard InChI is InChI=1S/C32H48F4N2O3/c1-4-26(18-22(2)30(33)34)29(31(40)37-20-24-8-6-5-7-9-24)38(21-25-16-17-32(35,36)19-25)28(39)15-12-23-10-13-27(41-3)14-11-23/h4,18,23-25,27,29-30H,1-2,5-17,19-21H2,3H3,(H,37,40)/b26-18+. The van der Waals surface area contributed by atoms with Gasteiger partial charge in [0, 0.05) is 45.0 Å². The Hall–Kier alpha value is -2.16. The number of rotatable bonds is 14. The van der Waals surface area contributed by atoms with Crippen LogP contribution in [0, 0.1) is 17.8 Å². The minimum absolute atomic E-state index is 0.0430. The molecular formula is C32H48F4N2O3. The zero-order valence-electron chi connectivity index (χ0n) is 24.5. The fraction of sp³-hybridized carbons (Fsp3) is 0.750. The third-order valence-electron chi connectivity index (χ3n) is 9.21. The van der Waals surface area contributed by atoms with Gasteiger partial charge in [-0.15, -0.1) is 0 Å². The molecule has 41 heavy (non-hydrogen) atoms. The lowest BCUT2D eigenvalue weighted by atomic mass is 9.84. The lowest BCUT2D eigenvalue weighted by molar-refractivity contribution is -0.140. The van der Waals surface area contributed by atoms with Crippen molar-refractivity contribution in [3.05, 3.63) is 36.5 Å². The van der Waals surface area contributed by atoms with E-state index >= 15 is 0 Å². The Balaban J connectivity index is 1.85. The molecule has 5 nitrogen and oxygen atoms in total. The van der Waals surface area contributed by atoms with Gasteiger partial charge in [0.2, 0.25) is 17.7 Å². The first-order chi connectivity index (χ1) is 19.5. The molecule has 0 saturated heterocycles. The Labute approximate surface area is 242 Å². The van der Waals surface area contributed by atoms with E-state index in [1.165, 1.54) is 11.0 Å². The maximum atomic E-state index is 14.2. The van der Waals surface area contributed by atoms with E-state index in [1.807, 2.05) is 0 Å². The molecule has 3 aliphatic carbocycles. The van der Waals surface area contributed by atoms with Gasteiger partial charge >= 0.3 is 0 Å². The molecule has 0 aromatic carbocycles. The van der Waals surface area contributed by atoms with Gasteiger partial charge in [-0.05, 0) is 80.8 Å². The van der Waals surface area contributed by atoms with Crippen LogP contribution in [0.2, 0.25) is 0 Å². The van der Waals surface area contributed by atoms with Gasteiger partial charge in [-0.2, -0.15) is 0 Å². The van der Waals surface area contributed by atoms with Crippen molar-refractivity contribution in [3.63, 3.8) is 0 Å². The summed E-state index contributed by atoms with van der Waals surface area (Å²) >= 11 is 0. The molecule has 0 bridgehead atoms. The Bertz CT molecular complexity index is 924. The summed E-state index contributed by atoms with van der Waals surface area (Å²) in [6, 6.07) is -1.25. The second kappa shape index (κ2) is 15.9. The molecule has 2 amide bonds. The summed E-state index contributed by atoms with van der Waals surface area (Å²) in [4.78, 5) is 29.0. The van der Waals surface area contributed by atoms with E-state index in [9.17, 15) is 27.2 Å². The minimum Gasteiger partial charge on any atom is -0.381 e. The van der Waals surface area contributed by atoms with E-state index in [2.05, 4.69) is 18.5 Å². The third kappa shape index (κ3) is 10.3. The number of nitrogens with one attached hydrogen (secondary N) is 1. The van der Waals surface area contributed by atoms with Crippen molar-refractivity contribution in [2.24, 2.45) is 17.8 Å². The van der Waals surface area contributed by atoms with Crippen molar-refractivity contribution in [1.82, 2.24) is 10.2 Å². The van der Waals surface area contributed by atoms with Crippen molar-refractivity contribution < 1.29 is 31.9 Å². The van der Waals surface area contributed by atoms with Crippen LogP contribution in [0.25, 0.3) is 0 Å². The fourth-order valence-electron chi connectivity index (χ4n) is 6.69. The number of ether oxygens (including phenoxy) is 1. The Kier molecular flexibility index (Phi) is 12.9. The van der Waals surface area contributed by atoms with E-state index in [-0.39, 0.29) is 49.8 Å². The fourth-order valence-corrected chi connectivity index (χ4v) is 6.69. The van der Waals surface area contributed by atoms with Crippen molar-refractivity contribution in [2.45, 2.75) is 114 Å². The molecule has 0 heterocycles. The molecule has 0 radical (unpaired) electrons. The Morgan fingerprint density at radius 2 is 1.71 bits per heavy atom. The lowest BCUT2D eigenvalue weighted by Gasteiger charge is -2.35. The highest BCUT2D eigenvalue weighted by Crippen LogP contribution is 2.40. The van der Waals surface area contributed by atoms with Gasteiger partial charge in [0.25, 0.3) is 6.43 Å². The third-order valence-corrected chi connectivity index (χ3v) is 9.21. The number of methoxy groups -OCH3 is 1. The number of carbonyl (C=O) groups is 2. The van der Waals surface area contributed by atoms with Crippen molar-refractivity contribution >= 4 is 11.8 Å². The van der Waals surface area contributed by atoms with Crippen molar-refractivity contribution in [2.75, 3.05) is 20.2 Å². The summed E-state index contributed by atoms with van der Waals surface area (Å²) < 4.78 is 60.7. The summed E-state index contributed by atoms with van der Waals surface area (Å²) in [6.07, 6.45) is 9.13. The highest BCUT2D eigenvalue weighted by Gasteiger charge is 2.42. The zero-order chi connectivity index (χ0) is 30.0. The van der Waals surface area contributed by atoms with E-state index in [0.29, 0.717) is 24.8 Å². The first kappa shape index (κ1) is 33.3. The summed E-state index contributed by atoms with van der Waals surface area (Å²) in [6.45, 7) is 7.55. The monoisotopic (exact) mass is 584 g/mol. The van der Waals surface area contributed by atoms with Crippen LogP contribution in [0.1, 0.15) is 89.9 Å². The average Bonchev–Trinajstić information content (AvgIpc) is 3.32. The number of hydrogen-bond acceptors (Lipinski definition) is 3. The quantitative estimate of drug-likeness (QED) is 0.173. The second-order valence-corrected chi connectivity index (χ2v) is 12.3. The molecule has 2 unspecified atom stereocenters. The smallest absolute Gasteiger partial charge is 0.263 e. The minimum atomic E-state index is -2.85. The lowest BCUT2D eigenvalue weighted by Crippen LogP contribution is -2.52. The number of amides is 2. The Morgan fingerprint density at radius 1 is 1.02 bits per heavy atom. The summed E-state index contributed by atoms with van der Waals surface area (Å²) in [7, 11) is 1.70. The zero-order valence-corrected chi connectivity index (χ0v) is 24.5. The molecule has 2 atom stereocenters. The van der Waals surface area contributed by atoms with Gasteiger partial charge in [0.05, 0.1) is 6.10 Å². The van der Waals surface area contributed by atoms with Gasteiger partial charge in [0.15, 0.2) is 0 Å². The number of halogens is 4. The van der Waals surface area contributed by atoms with Crippen molar-refractivity contribution in [3.8, 4) is 0 Å². The van der Waals surface area contributed by atoms with Crippen LogP contribution in [0.5, 0.6) is 0 Å². The Morgan fingerprint density at radius 3 is 2.27 bits per heavy atom. The molecule has 3 saturated carbocycles. The maximum Gasteiger partial charge on any atom is 0.263 e. The first-order valence-electron chi connectivity index (χ1n) is 15.3.